The fraction of sp³-hybridized carbons (Fsp3) is 0.643. The molecule has 2 heteroatoms. The van der Waals surface area contributed by atoms with Crippen molar-refractivity contribution in [3.05, 3.63) is 23.9 Å². The Morgan fingerprint density at radius 2 is 1.75 bits per heavy atom. The van der Waals surface area contributed by atoms with Crippen molar-refractivity contribution in [2.45, 2.75) is 57.3 Å². The van der Waals surface area contributed by atoms with Crippen LogP contribution in [0.15, 0.2) is 18.3 Å². The molecule has 2 nitrogen and oxygen atoms in total. The van der Waals surface area contributed by atoms with E-state index in [4.69, 9.17) is 5.73 Å². The van der Waals surface area contributed by atoms with Crippen molar-refractivity contribution >= 4 is 5.82 Å². The van der Waals surface area contributed by atoms with E-state index < -0.39 is 0 Å². The van der Waals surface area contributed by atoms with E-state index in [-0.39, 0.29) is 5.41 Å². The molecule has 1 aromatic heterocycles. The van der Waals surface area contributed by atoms with Gasteiger partial charge in [-0.3, -0.25) is 0 Å². The molecule has 0 unspecified atom stereocenters. The largest absolute Gasteiger partial charge is 0.383 e. The van der Waals surface area contributed by atoms with Crippen LogP contribution in [0.3, 0.4) is 0 Å². The number of hydrogen-bond acceptors (Lipinski definition) is 2. The third kappa shape index (κ3) is 2.37. The number of rotatable bonds is 1. The van der Waals surface area contributed by atoms with Gasteiger partial charge in [0, 0.05) is 11.8 Å². The SMILES string of the molecule is CC1(c2cccnc2N)CCCCCCC1. The van der Waals surface area contributed by atoms with Crippen LogP contribution in [0.25, 0.3) is 0 Å². The molecule has 0 atom stereocenters. The first-order valence-electron chi connectivity index (χ1n) is 6.43. The van der Waals surface area contributed by atoms with Crippen LogP contribution >= 0.6 is 0 Å². The summed E-state index contributed by atoms with van der Waals surface area (Å²) in [5.41, 5.74) is 7.53. The highest BCUT2D eigenvalue weighted by Crippen LogP contribution is 2.38. The van der Waals surface area contributed by atoms with Gasteiger partial charge in [0.25, 0.3) is 0 Å². The second kappa shape index (κ2) is 4.86. The van der Waals surface area contributed by atoms with Crippen LogP contribution < -0.4 is 5.73 Å². The highest BCUT2D eigenvalue weighted by Gasteiger charge is 2.28. The van der Waals surface area contributed by atoms with Crippen LogP contribution in [0.1, 0.15) is 57.4 Å². The Morgan fingerprint density at radius 3 is 2.38 bits per heavy atom. The molecule has 1 aliphatic rings. The van der Waals surface area contributed by atoms with E-state index in [0.29, 0.717) is 0 Å². The minimum absolute atomic E-state index is 0.249. The molecule has 2 rings (SSSR count). The van der Waals surface area contributed by atoms with E-state index in [1.54, 1.807) is 6.20 Å². The summed E-state index contributed by atoms with van der Waals surface area (Å²) in [6.45, 7) is 2.35. The lowest BCUT2D eigenvalue weighted by Gasteiger charge is -2.32. The van der Waals surface area contributed by atoms with Gasteiger partial charge in [-0.15, -0.1) is 0 Å². The highest BCUT2D eigenvalue weighted by atomic mass is 14.8. The fourth-order valence-corrected chi connectivity index (χ4v) is 2.88. The van der Waals surface area contributed by atoms with Gasteiger partial charge in [0.1, 0.15) is 5.82 Å². The van der Waals surface area contributed by atoms with E-state index in [2.05, 4.69) is 18.0 Å². The molecular weight excluding hydrogens is 196 g/mol. The predicted octanol–water partition coefficient (Wildman–Crippen LogP) is 3.67. The van der Waals surface area contributed by atoms with Crippen molar-refractivity contribution < 1.29 is 0 Å². The van der Waals surface area contributed by atoms with E-state index in [0.717, 1.165) is 5.82 Å². The molecule has 16 heavy (non-hydrogen) atoms. The van der Waals surface area contributed by atoms with Gasteiger partial charge in [-0.05, 0) is 24.3 Å². The second-order valence-electron chi connectivity index (χ2n) is 5.26. The molecule has 1 aromatic rings. The summed E-state index contributed by atoms with van der Waals surface area (Å²) < 4.78 is 0. The van der Waals surface area contributed by atoms with E-state index >= 15 is 0 Å². The Kier molecular flexibility index (Phi) is 3.47. The average molecular weight is 218 g/mol. The molecule has 0 spiro atoms. The van der Waals surface area contributed by atoms with Crippen LogP contribution in [0, 0.1) is 0 Å². The van der Waals surface area contributed by atoms with Gasteiger partial charge in [0.15, 0.2) is 0 Å². The van der Waals surface area contributed by atoms with Crippen LogP contribution in [0.2, 0.25) is 0 Å². The summed E-state index contributed by atoms with van der Waals surface area (Å²) in [6, 6.07) is 4.17. The minimum Gasteiger partial charge on any atom is -0.383 e. The quantitative estimate of drug-likeness (QED) is 0.781. The van der Waals surface area contributed by atoms with Crippen molar-refractivity contribution in [2.24, 2.45) is 0 Å². The number of aromatic nitrogens is 1. The Hall–Kier alpha value is -1.05. The van der Waals surface area contributed by atoms with Gasteiger partial charge >= 0.3 is 0 Å². The smallest absolute Gasteiger partial charge is 0.127 e. The molecule has 0 aliphatic heterocycles. The molecule has 0 aromatic carbocycles. The lowest BCUT2D eigenvalue weighted by molar-refractivity contribution is 0.341. The normalized spacial score (nSPS) is 21.1. The molecule has 0 amide bonds. The maximum atomic E-state index is 6.02. The summed E-state index contributed by atoms with van der Waals surface area (Å²) in [5, 5.41) is 0. The van der Waals surface area contributed by atoms with Gasteiger partial charge in [-0.25, -0.2) is 4.98 Å². The highest BCUT2D eigenvalue weighted by molar-refractivity contribution is 5.43. The molecule has 1 saturated carbocycles. The molecule has 1 fully saturated rings. The maximum Gasteiger partial charge on any atom is 0.127 e. The molecule has 2 N–H and O–H groups in total. The number of nitrogen functional groups attached to an aromatic ring is 1. The lowest BCUT2D eigenvalue weighted by Crippen LogP contribution is -2.24. The topological polar surface area (TPSA) is 38.9 Å². The number of nitrogens with two attached hydrogens (primary N) is 1. The minimum atomic E-state index is 0.249. The molecule has 0 radical (unpaired) electrons. The number of hydrogen-bond donors (Lipinski definition) is 1. The number of pyridine rings is 1. The Bertz CT molecular complexity index is 338. The zero-order valence-electron chi connectivity index (χ0n) is 10.2. The first-order chi connectivity index (χ1) is 7.72. The van der Waals surface area contributed by atoms with Gasteiger partial charge in [0.2, 0.25) is 0 Å². The first kappa shape index (κ1) is 11.4. The van der Waals surface area contributed by atoms with Crippen LogP contribution in [-0.4, -0.2) is 4.98 Å². The van der Waals surface area contributed by atoms with Gasteiger partial charge in [0.05, 0.1) is 0 Å². The monoisotopic (exact) mass is 218 g/mol. The van der Waals surface area contributed by atoms with Gasteiger partial charge < -0.3 is 5.73 Å². The third-order valence-electron chi connectivity index (χ3n) is 3.95. The fourth-order valence-electron chi connectivity index (χ4n) is 2.88. The molecule has 1 aliphatic carbocycles. The van der Waals surface area contributed by atoms with Crippen molar-refractivity contribution in [1.29, 1.82) is 0 Å². The maximum absolute atomic E-state index is 6.02. The molecule has 1 heterocycles. The standard InChI is InChI=1S/C14H22N2/c1-14(9-5-3-2-4-6-10-14)12-8-7-11-16-13(12)15/h7-8,11H,2-6,9-10H2,1H3,(H2,15,16). The number of anilines is 1. The first-order valence-corrected chi connectivity index (χ1v) is 6.43. The van der Waals surface area contributed by atoms with Crippen LogP contribution in [-0.2, 0) is 5.41 Å². The summed E-state index contributed by atoms with van der Waals surface area (Å²) >= 11 is 0. The van der Waals surface area contributed by atoms with Crippen LogP contribution in [0.5, 0.6) is 0 Å². The molecular formula is C14H22N2. The summed E-state index contributed by atoms with van der Waals surface area (Å²) in [5.74, 6) is 0.727. The van der Waals surface area contributed by atoms with E-state index in [9.17, 15) is 0 Å². The summed E-state index contributed by atoms with van der Waals surface area (Å²) in [6.07, 6.45) is 11.1. The zero-order chi connectivity index (χ0) is 11.4. The van der Waals surface area contributed by atoms with Gasteiger partial charge in [-0.2, -0.15) is 0 Å². The number of nitrogens with zero attached hydrogens (tertiary/aromatic N) is 1. The van der Waals surface area contributed by atoms with Crippen molar-refractivity contribution in [1.82, 2.24) is 4.98 Å². The Morgan fingerprint density at radius 1 is 1.12 bits per heavy atom. The Labute approximate surface area is 98.3 Å². The predicted molar refractivity (Wildman–Crippen MR) is 68.3 cm³/mol. The lowest BCUT2D eigenvalue weighted by atomic mass is 9.73. The van der Waals surface area contributed by atoms with Crippen molar-refractivity contribution in [2.75, 3.05) is 5.73 Å². The van der Waals surface area contributed by atoms with Crippen LogP contribution in [0.4, 0.5) is 5.82 Å². The molecule has 0 saturated heterocycles. The zero-order valence-corrected chi connectivity index (χ0v) is 10.2. The second-order valence-corrected chi connectivity index (χ2v) is 5.26. The van der Waals surface area contributed by atoms with Crippen molar-refractivity contribution in [3.8, 4) is 0 Å². The van der Waals surface area contributed by atoms with Gasteiger partial charge in [-0.1, -0.05) is 45.1 Å². The summed E-state index contributed by atoms with van der Waals surface area (Å²) in [4.78, 5) is 4.23. The molecule has 0 bridgehead atoms. The summed E-state index contributed by atoms with van der Waals surface area (Å²) in [7, 11) is 0. The average Bonchev–Trinajstić information content (AvgIpc) is 2.24. The third-order valence-corrected chi connectivity index (χ3v) is 3.95. The Balaban J connectivity index is 2.24. The van der Waals surface area contributed by atoms with E-state index in [1.165, 1.54) is 50.5 Å². The molecule has 88 valence electrons. The van der Waals surface area contributed by atoms with E-state index in [1.807, 2.05) is 6.07 Å². The van der Waals surface area contributed by atoms with Crippen molar-refractivity contribution in [3.63, 3.8) is 0 Å².